The fourth-order valence-electron chi connectivity index (χ4n) is 3.70. The molecule has 19 heavy (non-hydrogen) atoms. The summed E-state index contributed by atoms with van der Waals surface area (Å²) in [5.74, 6) is 0.175. The maximum absolute atomic E-state index is 12.1. The topological polar surface area (TPSA) is 58.4 Å². The van der Waals surface area contributed by atoms with Gasteiger partial charge in [-0.25, -0.2) is 0 Å². The van der Waals surface area contributed by atoms with Gasteiger partial charge in [0.2, 0.25) is 5.91 Å². The van der Waals surface area contributed by atoms with Gasteiger partial charge in [0.05, 0.1) is 0 Å². The van der Waals surface area contributed by atoms with Gasteiger partial charge in [0.1, 0.15) is 0 Å². The molecule has 0 aromatic heterocycles. The first-order valence-electron chi connectivity index (χ1n) is 7.97. The number of piperidine rings is 1. The van der Waals surface area contributed by atoms with Crippen molar-refractivity contribution < 1.29 is 4.79 Å². The van der Waals surface area contributed by atoms with Crippen molar-refractivity contribution in [2.75, 3.05) is 13.1 Å². The van der Waals surface area contributed by atoms with Gasteiger partial charge >= 0.3 is 0 Å². The van der Waals surface area contributed by atoms with E-state index in [-0.39, 0.29) is 11.4 Å². The minimum Gasteiger partial charge on any atom is -0.353 e. The zero-order valence-electron chi connectivity index (χ0n) is 11.9. The van der Waals surface area contributed by atoms with Gasteiger partial charge in [-0.1, -0.05) is 12.8 Å². The Kier molecular flexibility index (Phi) is 3.81. The minimum absolute atomic E-state index is 0.175. The molecule has 1 heterocycles. The first-order chi connectivity index (χ1) is 9.15. The van der Waals surface area contributed by atoms with E-state index in [4.69, 9.17) is 5.73 Å². The van der Waals surface area contributed by atoms with Crippen molar-refractivity contribution in [1.29, 1.82) is 0 Å². The van der Waals surface area contributed by atoms with Crippen molar-refractivity contribution in [3.63, 3.8) is 0 Å². The van der Waals surface area contributed by atoms with E-state index in [0.29, 0.717) is 12.5 Å². The van der Waals surface area contributed by atoms with Gasteiger partial charge < -0.3 is 16.0 Å². The molecule has 2 aliphatic carbocycles. The molecule has 0 radical (unpaired) electrons. The van der Waals surface area contributed by atoms with E-state index in [1.807, 2.05) is 0 Å². The number of carbonyl (C=O) groups is 1. The Morgan fingerprint density at radius 3 is 2.37 bits per heavy atom. The molecule has 4 nitrogen and oxygen atoms in total. The maximum atomic E-state index is 12.1. The van der Waals surface area contributed by atoms with Crippen LogP contribution >= 0.6 is 0 Å². The van der Waals surface area contributed by atoms with Gasteiger partial charge in [0.15, 0.2) is 0 Å². The Balaban J connectivity index is 1.40. The highest BCUT2D eigenvalue weighted by Gasteiger charge is 2.34. The quantitative estimate of drug-likeness (QED) is 0.807. The third-order valence-corrected chi connectivity index (χ3v) is 5.07. The molecule has 4 heteroatoms. The van der Waals surface area contributed by atoms with Crippen LogP contribution in [0.1, 0.15) is 57.8 Å². The molecule has 0 spiro atoms. The monoisotopic (exact) mass is 265 g/mol. The van der Waals surface area contributed by atoms with Crippen LogP contribution in [-0.4, -0.2) is 41.5 Å². The van der Waals surface area contributed by atoms with Gasteiger partial charge in [-0.2, -0.15) is 0 Å². The maximum Gasteiger partial charge on any atom is 0.222 e. The number of carbonyl (C=O) groups excluding carboxylic acids is 1. The van der Waals surface area contributed by atoms with Crippen LogP contribution in [0.5, 0.6) is 0 Å². The second-order valence-corrected chi connectivity index (χ2v) is 6.86. The second kappa shape index (κ2) is 5.41. The Hall–Kier alpha value is -0.610. The molecule has 0 aromatic carbocycles. The van der Waals surface area contributed by atoms with Crippen LogP contribution in [0, 0.1) is 0 Å². The summed E-state index contributed by atoms with van der Waals surface area (Å²) < 4.78 is 0. The minimum atomic E-state index is -0.210. The fourth-order valence-corrected chi connectivity index (χ4v) is 3.70. The highest BCUT2D eigenvalue weighted by atomic mass is 16.1. The lowest BCUT2D eigenvalue weighted by atomic mass is 9.94. The molecule has 3 N–H and O–H groups in total. The number of nitrogens with two attached hydrogens (primary N) is 1. The van der Waals surface area contributed by atoms with Crippen LogP contribution in [-0.2, 0) is 4.79 Å². The van der Waals surface area contributed by atoms with Crippen LogP contribution in [0.4, 0.5) is 0 Å². The van der Waals surface area contributed by atoms with Crippen molar-refractivity contribution >= 4 is 5.91 Å². The van der Waals surface area contributed by atoms with E-state index in [1.54, 1.807) is 0 Å². The van der Waals surface area contributed by atoms with E-state index >= 15 is 0 Å². The number of hydrogen-bond acceptors (Lipinski definition) is 3. The molecule has 1 aliphatic heterocycles. The Bertz CT molecular complexity index is 326. The van der Waals surface area contributed by atoms with Gasteiger partial charge in [-0.3, -0.25) is 4.79 Å². The van der Waals surface area contributed by atoms with Crippen LogP contribution in [0.3, 0.4) is 0 Å². The Labute approximate surface area is 116 Å². The highest BCUT2D eigenvalue weighted by Crippen LogP contribution is 2.31. The standard InChI is InChI=1S/C15H27N3O/c16-15(7-1-2-8-15)11-14(19)17-12-5-9-18(10-6-12)13-3-4-13/h12-13H,1-11,16H2,(H,17,19). The molecule has 0 atom stereocenters. The summed E-state index contributed by atoms with van der Waals surface area (Å²) in [4.78, 5) is 14.7. The smallest absolute Gasteiger partial charge is 0.222 e. The van der Waals surface area contributed by atoms with E-state index in [2.05, 4.69) is 10.2 Å². The van der Waals surface area contributed by atoms with Crippen LogP contribution in [0.2, 0.25) is 0 Å². The summed E-state index contributed by atoms with van der Waals surface area (Å²) in [7, 11) is 0. The van der Waals surface area contributed by atoms with E-state index in [0.717, 1.165) is 44.8 Å². The van der Waals surface area contributed by atoms with E-state index in [9.17, 15) is 4.79 Å². The lowest BCUT2D eigenvalue weighted by molar-refractivity contribution is -0.123. The molecule has 0 aromatic rings. The zero-order valence-corrected chi connectivity index (χ0v) is 11.9. The molecule has 0 unspecified atom stereocenters. The summed E-state index contributed by atoms with van der Waals surface area (Å²) in [6, 6.07) is 1.25. The van der Waals surface area contributed by atoms with Gasteiger partial charge in [0.25, 0.3) is 0 Å². The summed E-state index contributed by atoms with van der Waals surface area (Å²) in [6.45, 7) is 2.31. The second-order valence-electron chi connectivity index (χ2n) is 6.86. The average Bonchev–Trinajstić information content (AvgIpc) is 3.13. The number of likely N-dealkylation sites (tertiary alicyclic amines) is 1. The molecule has 3 aliphatic rings. The molecular formula is C15H27N3O. The van der Waals surface area contributed by atoms with Gasteiger partial charge in [-0.05, 0) is 38.5 Å². The average molecular weight is 265 g/mol. The Morgan fingerprint density at radius 1 is 1.16 bits per heavy atom. The van der Waals surface area contributed by atoms with Gasteiger partial charge in [-0.15, -0.1) is 0 Å². The molecule has 1 amide bonds. The van der Waals surface area contributed by atoms with Crippen LogP contribution in [0.15, 0.2) is 0 Å². The summed E-state index contributed by atoms with van der Waals surface area (Å²) in [5.41, 5.74) is 6.06. The molecule has 3 rings (SSSR count). The van der Waals surface area contributed by atoms with E-state index in [1.165, 1.54) is 25.7 Å². The summed E-state index contributed by atoms with van der Waals surface area (Å²) in [6.07, 6.45) is 9.91. The third kappa shape index (κ3) is 3.48. The zero-order chi connectivity index (χ0) is 13.3. The number of rotatable bonds is 4. The lowest BCUT2D eigenvalue weighted by Gasteiger charge is -2.33. The molecule has 1 saturated heterocycles. The number of nitrogens with zero attached hydrogens (tertiary/aromatic N) is 1. The predicted molar refractivity (Wildman–Crippen MR) is 75.8 cm³/mol. The summed E-state index contributed by atoms with van der Waals surface area (Å²) >= 11 is 0. The predicted octanol–water partition coefficient (Wildman–Crippen LogP) is 1.39. The van der Waals surface area contributed by atoms with Crippen molar-refractivity contribution in [3.8, 4) is 0 Å². The molecular weight excluding hydrogens is 238 g/mol. The third-order valence-electron chi connectivity index (χ3n) is 5.07. The van der Waals surface area contributed by atoms with Crippen molar-refractivity contribution in [2.45, 2.75) is 75.4 Å². The molecule has 2 saturated carbocycles. The van der Waals surface area contributed by atoms with Crippen molar-refractivity contribution in [1.82, 2.24) is 10.2 Å². The van der Waals surface area contributed by atoms with Gasteiger partial charge in [0, 0.05) is 37.1 Å². The molecule has 108 valence electrons. The van der Waals surface area contributed by atoms with Crippen molar-refractivity contribution in [3.05, 3.63) is 0 Å². The first kappa shape index (κ1) is 13.4. The van der Waals surface area contributed by atoms with Crippen LogP contribution in [0.25, 0.3) is 0 Å². The molecule has 0 bridgehead atoms. The Morgan fingerprint density at radius 2 is 1.79 bits per heavy atom. The molecule has 3 fully saturated rings. The highest BCUT2D eigenvalue weighted by molar-refractivity contribution is 5.77. The SMILES string of the molecule is NC1(CC(=O)NC2CCN(C3CC3)CC2)CCCC1. The van der Waals surface area contributed by atoms with Crippen molar-refractivity contribution in [2.24, 2.45) is 5.73 Å². The number of amides is 1. The largest absolute Gasteiger partial charge is 0.353 e. The number of hydrogen-bond donors (Lipinski definition) is 2. The summed E-state index contributed by atoms with van der Waals surface area (Å²) in [5, 5.41) is 3.21. The van der Waals surface area contributed by atoms with E-state index < -0.39 is 0 Å². The fraction of sp³-hybridized carbons (Fsp3) is 0.933. The van der Waals surface area contributed by atoms with Crippen LogP contribution < -0.4 is 11.1 Å². The normalized spacial score (nSPS) is 28.5. The first-order valence-corrected chi connectivity index (χ1v) is 7.97. The number of nitrogens with one attached hydrogen (secondary N) is 1. The lowest BCUT2D eigenvalue weighted by Crippen LogP contribution is -2.48.